The standard InChI is InChI=1S/C12H13N3/c1-9(13)11-4-2-3-5-12(11)10-6-14-8-15-7-10/h2-9H,13H2,1H3. The maximum Gasteiger partial charge on any atom is 0.115 e. The van der Waals surface area contributed by atoms with Crippen LogP contribution in [0.15, 0.2) is 43.0 Å². The van der Waals surface area contributed by atoms with E-state index >= 15 is 0 Å². The first-order chi connectivity index (χ1) is 7.29. The molecule has 0 aliphatic heterocycles. The van der Waals surface area contributed by atoms with Gasteiger partial charge >= 0.3 is 0 Å². The molecule has 2 rings (SSSR count). The van der Waals surface area contributed by atoms with E-state index < -0.39 is 0 Å². The van der Waals surface area contributed by atoms with Crippen LogP contribution in [-0.4, -0.2) is 9.97 Å². The van der Waals surface area contributed by atoms with Gasteiger partial charge < -0.3 is 5.73 Å². The van der Waals surface area contributed by atoms with E-state index in [0.29, 0.717) is 0 Å². The van der Waals surface area contributed by atoms with Gasteiger partial charge in [-0.05, 0) is 18.1 Å². The molecular formula is C12H13N3. The lowest BCUT2D eigenvalue weighted by Crippen LogP contribution is -2.06. The van der Waals surface area contributed by atoms with Gasteiger partial charge in [0.2, 0.25) is 0 Å². The van der Waals surface area contributed by atoms with Crippen LogP contribution in [0.1, 0.15) is 18.5 Å². The molecule has 1 atom stereocenters. The maximum atomic E-state index is 5.91. The topological polar surface area (TPSA) is 51.8 Å². The van der Waals surface area contributed by atoms with Crippen molar-refractivity contribution in [1.29, 1.82) is 0 Å². The second kappa shape index (κ2) is 4.19. The summed E-state index contributed by atoms with van der Waals surface area (Å²) in [5, 5.41) is 0. The summed E-state index contributed by atoms with van der Waals surface area (Å²) in [6.45, 7) is 1.97. The van der Waals surface area contributed by atoms with Crippen molar-refractivity contribution in [1.82, 2.24) is 9.97 Å². The molecule has 1 aromatic heterocycles. The SMILES string of the molecule is CC(N)c1ccccc1-c1cncnc1. The number of benzene rings is 1. The van der Waals surface area contributed by atoms with Gasteiger partial charge in [-0.25, -0.2) is 9.97 Å². The minimum atomic E-state index is 0.0152. The van der Waals surface area contributed by atoms with Crippen molar-refractivity contribution in [2.45, 2.75) is 13.0 Å². The van der Waals surface area contributed by atoms with E-state index in [1.54, 1.807) is 12.4 Å². The highest BCUT2D eigenvalue weighted by Gasteiger charge is 2.07. The van der Waals surface area contributed by atoms with Crippen molar-refractivity contribution < 1.29 is 0 Å². The molecule has 3 nitrogen and oxygen atoms in total. The Bertz CT molecular complexity index is 438. The summed E-state index contributed by atoms with van der Waals surface area (Å²) in [4.78, 5) is 8.02. The van der Waals surface area contributed by atoms with Gasteiger partial charge in [0.1, 0.15) is 6.33 Å². The molecule has 1 heterocycles. The summed E-state index contributed by atoms with van der Waals surface area (Å²) < 4.78 is 0. The number of hydrogen-bond acceptors (Lipinski definition) is 3. The van der Waals surface area contributed by atoms with E-state index in [9.17, 15) is 0 Å². The minimum Gasteiger partial charge on any atom is -0.324 e. The zero-order valence-electron chi connectivity index (χ0n) is 8.59. The third kappa shape index (κ3) is 2.02. The fourth-order valence-electron chi connectivity index (χ4n) is 1.60. The maximum absolute atomic E-state index is 5.91. The van der Waals surface area contributed by atoms with Crippen molar-refractivity contribution in [2.75, 3.05) is 0 Å². The molecule has 1 unspecified atom stereocenters. The molecule has 0 amide bonds. The van der Waals surface area contributed by atoms with Crippen LogP contribution in [0.3, 0.4) is 0 Å². The van der Waals surface area contributed by atoms with E-state index in [4.69, 9.17) is 5.73 Å². The third-order valence-electron chi connectivity index (χ3n) is 2.32. The number of rotatable bonds is 2. The molecule has 0 spiro atoms. The first-order valence-electron chi connectivity index (χ1n) is 4.89. The summed E-state index contributed by atoms with van der Waals surface area (Å²) in [5.41, 5.74) is 9.14. The predicted molar refractivity (Wildman–Crippen MR) is 60.1 cm³/mol. The Labute approximate surface area is 89.0 Å². The highest BCUT2D eigenvalue weighted by atomic mass is 14.8. The van der Waals surface area contributed by atoms with Crippen LogP contribution in [0.2, 0.25) is 0 Å². The van der Waals surface area contributed by atoms with E-state index in [0.717, 1.165) is 16.7 Å². The monoisotopic (exact) mass is 199 g/mol. The van der Waals surface area contributed by atoms with Crippen molar-refractivity contribution in [3.05, 3.63) is 48.5 Å². The Morgan fingerprint density at radius 1 is 1.13 bits per heavy atom. The third-order valence-corrected chi connectivity index (χ3v) is 2.32. The predicted octanol–water partition coefficient (Wildman–Crippen LogP) is 2.16. The average molecular weight is 199 g/mol. The lowest BCUT2D eigenvalue weighted by Gasteiger charge is -2.11. The van der Waals surface area contributed by atoms with E-state index in [1.807, 2.05) is 31.2 Å². The highest BCUT2D eigenvalue weighted by Crippen LogP contribution is 2.25. The van der Waals surface area contributed by atoms with Gasteiger partial charge in [0.25, 0.3) is 0 Å². The fraction of sp³-hybridized carbons (Fsp3) is 0.167. The summed E-state index contributed by atoms with van der Waals surface area (Å²) in [6, 6.07) is 8.08. The molecule has 3 heteroatoms. The van der Waals surface area contributed by atoms with Crippen LogP contribution in [0.5, 0.6) is 0 Å². The Kier molecular flexibility index (Phi) is 2.74. The van der Waals surface area contributed by atoms with E-state index in [2.05, 4.69) is 9.97 Å². The summed E-state index contributed by atoms with van der Waals surface area (Å²) in [6.07, 6.45) is 5.13. The Hall–Kier alpha value is -1.74. The lowest BCUT2D eigenvalue weighted by molar-refractivity contribution is 0.820. The van der Waals surface area contributed by atoms with Crippen molar-refractivity contribution in [3.63, 3.8) is 0 Å². The normalized spacial score (nSPS) is 12.4. The van der Waals surface area contributed by atoms with Gasteiger partial charge in [-0.2, -0.15) is 0 Å². The van der Waals surface area contributed by atoms with Gasteiger partial charge in [0.15, 0.2) is 0 Å². The second-order valence-electron chi connectivity index (χ2n) is 3.50. The van der Waals surface area contributed by atoms with Crippen LogP contribution in [0, 0.1) is 0 Å². The first-order valence-corrected chi connectivity index (χ1v) is 4.89. The van der Waals surface area contributed by atoms with Crippen molar-refractivity contribution >= 4 is 0 Å². The quantitative estimate of drug-likeness (QED) is 0.806. The Balaban J connectivity index is 2.53. The molecule has 0 aliphatic carbocycles. The highest BCUT2D eigenvalue weighted by molar-refractivity contribution is 5.66. The molecule has 15 heavy (non-hydrogen) atoms. The van der Waals surface area contributed by atoms with Crippen molar-refractivity contribution in [3.8, 4) is 11.1 Å². The first kappa shape index (κ1) is 9.80. The summed E-state index contributed by atoms with van der Waals surface area (Å²) in [5.74, 6) is 0. The smallest absolute Gasteiger partial charge is 0.115 e. The molecule has 2 N–H and O–H groups in total. The largest absolute Gasteiger partial charge is 0.324 e. The number of nitrogens with zero attached hydrogens (tertiary/aromatic N) is 2. The van der Waals surface area contributed by atoms with Crippen LogP contribution >= 0.6 is 0 Å². The zero-order valence-corrected chi connectivity index (χ0v) is 8.59. The van der Waals surface area contributed by atoms with E-state index in [-0.39, 0.29) is 6.04 Å². The lowest BCUT2D eigenvalue weighted by atomic mass is 9.98. The molecule has 2 aromatic rings. The van der Waals surface area contributed by atoms with E-state index in [1.165, 1.54) is 6.33 Å². The molecule has 0 saturated carbocycles. The molecule has 0 bridgehead atoms. The van der Waals surface area contributed by atoms with Gasteiger partial charge in [0.05, 0.1) is 0 Å². The second-order valence-corrected chi connectivity index (χ2v) is 3.50. The summed E-state index contributed by atoms with van der Waals surface area (Å²) in [7, 11) is 0. The average Bonchev–Trinajstić information content (AvgIpc) is 2.30. The van der Waals surface area contributed by atoms with Crippen LogP contribution < -0.4 is 5.73 Å². The molecule has 0 radical (unpaired) electrons. The zero-order chi connectivity index (χ0) is 10.7. The van der Waals surface area contributed by atoms with Gasteiger partial charge in [-0.3, -0.25) is 0 Å². The van der Waals surface area contributed by atoms with Crippen molar-refractivity contribution in [2.24, 2.45) is 5.73 Å². The molecule has 0 saturated heterocycles. The molecule has 1 aromatic carbocycles. The minimum absolute atomic E-state index is 0.0152. The van der Waals surface area contributed by atoms with Crippen LogP contribution in [0.25, 0.3) is 11.1 Å². The molecule has 0 aliphatic rings. The molecular weight excluding hydrogens is 186 g/mol. The summed E-state index contributed by atoms with van der Waals surface area (Å²) >= 11 is 0. The number of nitrogens with two attached hydrogens (primary N) is 1. The number of aromatic nitrogens is 2. The molecule has 76 valence electrons. The fourth-order valence-corrected chi connectivity index (χ4v) is 1.60. The van der Waals surface area contributed by atoms with Gasteiger partial charge in [-0.15, -0.1) is 0 Å². The molecule has 0 fully saturated rings. The Morgan fingerprint density at radius 2 is 1.80 bits per heavy atom. The Morgan fingerprint density at radius 3 is 2.47 bits per heavy atom. The van der Waals surface area contributed by atoms with Crippen LogP contribution in [-0.2, 0) is 0 Å². The van der Waals surface area contributed by atoms with Crippen LogP contribution in [0.4, 0.5) is 0 Å². The number of hydrogen-bond donors (Lipinski definition) is 1. The van der Waals surface area contributed by atoms with Gasteiger partial charge in [0, 0.05) is 24.0 Å². The van der Waals surface area contributed by atoms with Gasteiger partial charge in [-0.1, -0.05) is 24.3 Å².